The molecule has 2 aromatic rings. The lowest BCUT2D eigenvalue weighted by atomic mass is 9.94. The molecule has 170 valence electrons. The van der Waals surface area contributed by atoms with Crippen LogP contribution in [0.3, 0.4) is 0 Å². The van der Waals surface area contributed by atoms with Crippen LogP contribution in [0, 0.1) is 0 Å². The van der Waals surface area contributed by atoms with Gasteiger partial charge in [-0.15, -0.1) is 0 Å². The van der Waals surface area contributed by atoms with E-state index in [1.165, 1.54) is 4.90 Å². The third kappa shape index (κ3) is 4.91. The number of nitrogens with one attached hydrogen (secondary N) is 1. The number of benzene rings is 2. The molecular weight excluding hydrogens is 428 g/mol. The Hall–Kier alpha value is -2.99. The Morgan fingerprint density at radius 3 is 2.47 bits per heavy atom. The number of para-hydroxylation sites is 1. The van der Waals surface area contributed by atoms with Crippen molar-refractivity contribution in [1.82, 2.24) is 10.2 Å². The Labute approximate surface area is 194 Å². The van der Waals surface area contributed by atoms with Crippen LogP contribution in [0.4, 0.5) is 4.79 Å². The number of carbonyl (C=O) groups is 2. The van der Waals surface area contributed by atoms with Crippen LogP contribution in [0.15, 0.2) is 59.8 Å². The number of ether oxygens (including phenoxy) is 2. The second-order valence-corrected chi connectivity index (χ2v) is 8.12. The number of nitrogens with zero attached hydrogens (tertiary/aromatic N) is 1. The summed E-state index contributed by atoms with van der Waals surface area (Å²) >= 11 is 6.43. The standard InChI is InChI=1S/C25H29ClN2O4/c1-5-28-20(15-32-21-14-10-8-11-17(21)16(3)4)22(24(29)31-6-2)23(27-25(28)30)18-12-7-9-13-19(18)26/h7-14,16,23H,5-6,15H2,1-4H3,(H,27,30). The predicted molar refractivity (Wildman–Crippen MR) is 125 cm³/mol. The minimum atomic E-state index is -0.739. The van der Waals surface area contributed by atoms with Gasteiger partial charge in [0.05, 0.1) is 23.9 Å². The van der Waals surface area contributed by atoms with E-state index in [4.69, 9.17) is 21.1 Å². The van der Waals surface area contributed by atoms with Gasteiger partial charge in [0.15, 0.2) is 0 Å². The van der Waals surface area contributed by atoms with Gasteiger partial charge < -0.3 is 14.8 Å². The summed E-state index contributed by atoms with van der Waals surface area (Å²) in [6.07, 6.45) is 0. The number of hydrogen-bond donors (Lipinski definition) is 1. The Balaban J connectivity index is 2.10. The Morgan fingerprint density at radius 2 is 1.81 bits per heavy atom. The maximum atomic E-state index is 13.1. The molecule has 3 rings (SSSR count). The first-order valence-corrected chi connectivity index (χ1v) is 11.2. The van der Waals surface area contributed by atoms with Crippen molar-refractivity contribution in [1.29, 1.82) is 0 Å². The topological polar surface area (TPSA) is 67.9 Å². The maximum Gasteiger partial charge on any atom is 0.338 e. The number of rotatable bonds is 8. The average molecular weight is 457 g/mol. The molecule has 0 aromatic heterocycles. The normalized spacial score (nSPS) is 16.2. The van der Waals surface area contributed by atoms with E-state index in [0.29, 0.717) is 28.4 Å². The molecule has 2 aromatic carbocycles. The molecule has 1 unspecified atom stereocenters. The molecule has 0 fully saturated rings. The van der Waals surface area contributed by atoms with E-state index in [1.807, 2.05) is 37.3 Å². The highest BCUT2D eigenvalue weighted by Crippen LogP contribution is 2.35. The first kappa shape index (κ1) is 23.7. The van der Waals surface area contributed by atoms with Crippen LogP contribution in [-0.4, -0.2) is 36.7 Å². The molecule has 1 N–H and O–H groups in total. The summed E-state index contributed by atoms with van der Waals surface area (Å²) in [4.78, 5) is 27.6. The minimum Gasteiger partial charge on any atom is -0.487 e. The molecule has 0 saturated heterocycles. The monoisotopic (exact) mass is 456 g/mol. The molecule has 6 nitrogen and oxygen atoms in total. The van der Waals surface area contributed by atoms with Gasteiger partial charge in [0.1, 0.15) is 12.4 Å². The van der Waals surface area contributed by atoms with Gasteiger partial charge in [0, 0.05) is 11.6 Å². The van der Waals surface area contributed by atoms with E-state index >= 15 is 0 Å². The zero-order chi connectivity index (χ0) is 23.3. The zero-order valence-electron chi connectivity index (χ0n) is 18.9. The van der Waals surface area contributed by atoms with Gasteiger partial charge in [-0.3, -0.25) is 4.90 Å². The number of carbonyl (C=O) groups excluding carboxylic acids is 2. The van der Waals surface area contributed by atoms with Crippen molar-refractivity contribution in [2.45, 2.75) is 39.7 Å². The second-order valence-electron chi connectivity index (χ2n) is 7.71. The smallest absolute Gasteiger partial charge is 0.338 e. The molecule has 0 radical (unpaired) electrons. The molecule has 0 saturated carbocycles. The van der Waals surface area contributed by atoms with Gasteiger partial charge >= 0.3 is 12.0 Å². The van der Waals surface area contributed by atoms with Crippen molar-refractivity contribution >= 4 is 23.6 Å². The first-order chi connectivity index (χ1) is 15.4. The Bertz CT molecular complexity index is 1020. The second kappa shape index (κ2) is 10.6. The maximum absolute atomic E-state index is 13.1. The van der Waals surface area contributed by atoms with Crippen LogP contribution < -0.4 is 10.1 Å². The van der Waals surface area contributed by atoms with E-state index in [0.717, 1.165) is 11.3 Å². The Morgan fingerprint density at radius 1 is 1.12 bits per heavy atom. The van der Waals surface area contributed by atoms with Crippen molar-refractivity contribution in [3.05, 3.63) is 76.0 Å². The summed E-state index contributed by atoms with van der Waals surface area (Å²) < 4.78 is 11.5. The summed E-state index contributed by atoms with van der Waals surface area (Å²) in [6.45, 7) is 8.39. The minimum absolute atomic E-state index is 0.0418. The van der Waals surface area contributed by atoms with Gasteiger partial charge in [0.2, 0.25) is 0 Å². The van der Waals surface area contributed by atoms with Gasteiger partial charge in [-0.2, -0.15) is 0 Å². The number of amides is 2. The third-order valence-electron chi connectivity index (χ3n) is 5.37. The van der Waals surface area contributed by atoms with Gasteiger partial charge in [-0.1, -0.05) is 61.8 Å². The molecule has 1 aliphatic rings. The molecule has 1 atom stereocenters. The van der Waals surface area contributed by atoms with Crippen LogP contribution in [0.1, 0.15) is 50.8 Å². The van der Waals surface area contributed by atoms with Crippen LogP contribution in [0.25, 0.3) is 0 Å². The summed E-state index contributed by atoms with van der Waals surface area (Å²) in [6, 6.07) is 13.9. The largest absolute Gasteiger partial charge is 0.487 e. The van der Waals surface area contributed by atoms with Crippen molar-refractivity contribution in [2.75, 3.05) is 19.8 Å². The molecule has 32 heavy (non-hydrogen) atoms. The summed E-state index contributed by atoms with van der Waals surface area (Å²) in [5, 5.41) is 3.36. The van der Waals surface area contributed by atoms with Crippen molar-refractivity contribution < 1.29 is 19.1 Å². The number of halogens is 1. The zero-order valence-corrected chi connectivity index (χ0v) is 19.6. The van der Waals surface area contributed by atoms with Gasteiger partial charge in [0.25, 0.3) is 0 Å². The summed E-state index contributed by atoms with van der Waals surface area (Å²) in [5.74, 6) is 0.471. The van der Waals surface area contributed by atoms with E-state index in [9.17, 15) is 9.59 Å². The molecule has 0 aliphatic carbocycles. The summed E-state index contributed by atoms with van der Waals surface area (Å²) in [7, 11) is 0. The van der Waals surface area contributed by atoms with E-state index in [-0.39, 0.29) is 25.2 Å². The molecule has 1 heterocycles. The quantitative estimate of drug-likeness (QED) is 0.536. The molecule has 0 spiro atoms. The first-order valence-electron chi connectivity index (χ1n) is 10.8. The highest BCUT2D eigenvalue weighted by atomic mass is 35.5. The lowest BCUT2D eigenvalue weighted by Gasteiger charge is -2.36. The molecule has 0 bridgehead atoms. The number of likely N-dealkylation sites (N-methyl/N-ethyl adjacent to an activating group) is 1. The average Bonchev–Trinajstić information content (AvgIpc) is 2.77. The SMILES string of the molecule is CCOC(=O)C1=C(COc2ccccc2C(C)C)N(CC)C(=O)NC1c1ccccc1Cl. The number of urea groups is 1. The molecule has 7 heteroatoms. The fourth-order valence-corrected chi connectivity index (χ4v) is 4.07. The summed E-state index contributed by atoms with van der Waals surface area (Å²) in [5.41, 5.74) is 2.47. The Kier molecular flexibility index (Phi) is 7.80. The van der Waals surface area contributed by atoms with Crippen molar-refractivity contribution in [3.63, 3.8) is 0 Å². The third-order valence-corrected chi connectivity index (χ3v) is 5.72. The van der Waals surface area contributed by atoms with E-state index in [1.54, 1.807) is 25.1 Å². The molecule has 2 amide bonds. The fourth-order valence-electron chi connectivity index (χ4n) is 3.82. The lowest BCUT2D eigenvalue weighted by molar-refractivity contribution is -0.139. The number of esters is 1. The van der Waals surface area contributed by atoms with Gasteiger partial charge in [-0.25, -0.2) is 9.59 Å². The van der Waals surface area contributed by atoms with Crippen LogP contribution in [-0.2, 0) is 9.53 Å². The fraction of sp³-hybridized carbons (Fsp3) is 0.360. The highest BCUT2D eigenvalue weighted by Gasteiger charge is 2.38. The molecular formula is C25H29ClN2O4. The van der Waals surface area contributed by atoms with Crippen LogP contribution in [0.2, 0.25) is 5.02 Å². The highest BCUT2D eigenvalue weighted by molar-refractivity contribution is 6.31. The van der Waals surface area contributed by atoms with Crippen LogP contribution >= 0.6 is 11.6 Å². The van der Waals surface area contributed by atoms with E-state index in [2.05, 4.69) is 19.2 Å². The number of hydrogen-bond acceptors (Lipinski definition) is 4. The van der Waals surface area contributed by atoms with Crippen molar-refractivity contribution in [3.8, 4) is 5.75 Å². The molecule has 1 aliphatic heterocycles. The van der Waals surface area contributed by atoms with E-state index < -0.39 is 12.0 Å². The predicted octanol–water partition coefficient (Wildman–Crippen LogP) is 5.45. The van der Waals surface area contributed by atoms with Crippen LogP contribution in [0.5, 0.6) is 5.75 Å². The van der Waals surface area contributed by atoms with Crippen molar-refractivity contribution in [2.24, 2.45) is 0 Å². The lowest BCUT2D eigenvalue weighted by Crippen LogP contribution is -2.49. The van der Waals surface area contributed by atoms with Gasteiger partial charge in [-0.05, 0) is 43.0 Å².